The van der Waals surface area contributed by atoms with Crippen LogP contribution in [0.2, 0.25) is 0 Å². The predicted molar refractivity (Wildman–Crippen MR) is 62.2 cm³/mol. The van der Waals surface area contributed by atoms with Gasteiger partial charge in [-0.2, -0.15) is 0 Å². The van der Waals surface area contributed by atoms with Crippen LogP contribution in [0.5, 0.6) is 0 Å². The third kappa shape index (κ3) is 4.91. The standard InChI is InChI=1S/C13H22O2/c1-10(2)6-5-7-11(3)8-13-14-9-12(4)15-13/h8-10,13H,5-7H2,1-4H3. The van der Waals surface area contributed by atoms with E-state index in [1.54, 1.807) is 6.26 Å². The Kier molecular flexibility index (Phi) is 4.73. The fourth-order valence-corrected chi connectivity index (χ4v) is 1.58. The largest absolute Gasteiger partial charge is 0.455 e. The summed E-state index contributed by atoms with van der Waals surface area (Å²) >= 11 is 0. The van der Waals surface area contributed by atoms with Gasteiger partial charge in [-0.15, -0.1) is 0 Å². The first-order valence-corrected chi connectivity index (χ1v) is 5.74. The van der Waals surface area contributed by atoms with E-state index in [0.29, 0.717) is 0 Å². The SMILES string of the molecule is CC(=CC1OC=C(C)O1)CCCC(C)C. The molecule has 0 bridgehead atoms. The van der Waals surface area contributed by atoms with Gasteiger partial charge < -0.3 is 9.47 Å². The first-order chi connectivity index (χ1) is 7.08. The van der Waals surface area contributed by atoms with Crippen LogP contribution >= 0.6 is 0 Å². The quantitative estimate of drug-likeness (QED) is 0.639. The lowest BCUT2D eigenvalue weighted by Crippen LogP contribution is -2.04. The van der Waals surface area contributed by atoms with Gasteiger partial charge in [-0.3, -0.25) is 0 Å². The molecule has 0 saturated carbocycles. The molecule has 0 saturated heterocycles. The lowest BCUT2D eigenvalue weighted by molar-refractivity contribution is 0.00910. The van der Waals surface area contributed by atoms with Gasteiger partial charge in [-0.05, 0) is 38.7 Å². The van der Waals surface area contributed by atoms with Gasteiger partial charge in [0.15, 0.2) is 0 Å². The zero-order valence-electron chi connectivity index (χ0n) is 10.2. The van der Waals surface area contributed by atoms with Crippen molar-refractivity contribution in [1.82, 2.24) is 0 Å². The molecular weight excluding hydrogens is 188 g/mol. The van der Waals surface area contributed by atoms with Crippen LogP contribution in [0.15, 0.2) is 23.7 Å². The van der Waals surface area contributed by atoms with Gasteiger partial charge in [-0.1, -0.05) is 25.8 Å². The van der Waals surface area contributed by atoms with Crippen LogP contribution < -0.4 is 0 Å². The van der Waals surface area contributed by atoms with Crippen molar-refractivity contribution in [2.45, 2.75) is 53.2 Å². The molecule has 1 rings (SSSR count). The highest BCUT2D eigenvalue weighted by Gasteiger charge is 2.13. The van der Waals surface area contributed by atoms with Gasteiger partial charge in [0.2, 0.25) is 0 Å². The van der Waals surface area contributed by atoms with E-state index in [2.05, 4.69) is 26.8 Å². The van der Waals surface area contributed by atoms with Gasteiger partial charge in [0, 0.05) is 0 Å². The average Bonchev–Trinajstić information content (AvgIpc) is 2.50. The first kappa shape index (κ1) is 12.2. The highest BCUT2D eigenvalue weighted by Crippen LogP contribution is 2.18. The molecule has 1 aliphatic heterocycles. The summed E-state index contributed by atoms with van der Waals surface area (Å²) in [5.41, 5.74) is 1.35. The molecule has 0 aliphatic carbocycles. The number of rotatable bonds is 5. The molecule has 0 fully saturated rings. The van der Waals surface area contributed by atoms with Crippen molar-refractivity contribution in [3.8, 4) is 0 Å². The van der Waals surface area contributed by atoms with Crippen molar-refractivity contribution in [3.63, 3.8) is 0 Å². The van der Waals surface area contributed by atoms with E-state index >= 15 is 0 Å². The van der Waals surface area contributed by atoms with Crippen molar-refractivity contribution < 1.29 is 9.47 Å². The third-order valence-corrected chi connectivity index (χ3v) is 2.44. The molecule has 0 aromatic rings. The summed E-state index contributed by atoms with van der Waals surface area (Å²) in [5, 5.41) is 0. The van der Waals surface area contributed by atoms with Crippen molar-refractivity contribution in [3.05, 3.63) is 23.7 Å². The Morgan fingerprint density at radius 2 is 2.27 bits per heavy atom. The molecule has 1 unspecified atom stereocenters. The molecule has 2 heteroatoms. The summed E-state index contributed by atoms with van der Waals surface area (Å²) < 4.78 is 10.7. The Bertz CT molecular complexity index is 251. The van der Waals surface area contributed by atoms with Crippen LogP contribution in [0.3, 0.4) is 0 Å². The minimum absolute atomic E-state index is 0.191. The molecule has 1 heterocycles. The molecule has 0 radical (unpaired) electrons. The number of hydrogen-bond donors (Lipinski definition) is 0. The smallest absolute Gasteiger partial charge is 0.259 e. The highest BCUT2D eigenvalue weighted by atomic mass is 16.7. The molecule has 1 atom stereocenters. The fraction of sp³-hybridized carbons (Fsp3) is 0.692. The Labute approximate surface area is 93.0 Å². The Morgan fingerprint density at radius 3 is 2.80 bits per heavy atom. The Morgan fingerprint density at radius 1 is 1.53 bits per heavy atom. The Hall–Kier alpha value is -0.920. The van der Waals surface area contributed by atoms with E-state index in [1.165, 1.54) is 18.4 Å². The summed E-state index contributed by atoms with van der Waals surface area (Å²) in [6.07, 6.45) is 7.22. The van der Waals surface area contributed by atoms with Crippen molar-refractivity contribution in [1.29, 1.82) is 0 Å². The summed E-state index contributed by atoms with van der Waals surface area (Å²) in [5.74, 6) is 1.65. The highest BCUT2D eigenvalue weighted by molar-refractivity contribution is 5.03. The molecule has 2 nitrogen and oxygen atoms in total. The molecule has 0 aromatic heterocycles. The monoisotopic (exact) mass is 210 g/mol. The Balaban J connectivity index is 2.22. The van der Waals surface area contributed by atoms with Crippen LogP contribution in [0.4, 0.5) is 0 Å². The molecule has 0 N–H and O–H groups in total. The summed E-state index contributed by atoms with van der Waals surface area (Å²) in [4.78, 5) is 0. The first-order valence-electron chi connectivity index (χ1n) is 5.74. The van der Waals surface area contributed by atoms with Crippen LogP contribution in [0.1, 0.15) is 47.0 Å². The maximum absolute atomic E-state index is 5.42. The van der Waals surface area contributed by atoms with Gasteiger partial charge in [-0.25, -0.2) is 0 Å². The lowest BCUT2D eigenvalue weighted by atomic mass is 10.0. The van der Waals surface area contributed by atoms with E-state index in [1.807, 2.05) is 6.92 Å². The summed E-state index contributed by atoms with van der Waals surface area (Å²) in [6.45, 7) is 8.56. The minimum Gasteiger partial charge on any atom is -0.455 e. The minimum atomic E-state index is -0.191. The van der Waals surface area contributed by atoms with Crippen molar-refractivity contribution >= 4 is 0 Å². The third-order valence-electron chi connectivity index (χ3n) is 2.44. The van der Waals surface area contributed by atoms with E-state index in [9.17, 15) is 0 Å². The lowest BCUT2D eigenvalue weighted by Gasteiger charge is -2.09. The number of ether oxygens (including phenoxy) is 2. The van der Waals surface area contributed by atoms with Crippen LogP contribution in [0.25, 0.3) is 0 Å². The second-order valence-corrected chi connectivity index (χ2v) is 4.65. The second-order valence-electron chi connectivity index (χ2n) is 4.65. The van der Waals surface area contributed by atoms with Gasteiger partial charge in [0.25, 0.3) is 6.29 Å². The zero-order valence-corrected chi connectivity index (χ0v) is 10.2. The molecule has 1 aliphatic rings. The zero-order chi connectivity index (χ0) is 11.3. The number of allylic oxidation sites excluding steroid dienone is 2. The van der Waals surface area contributed by atoms with Gasteiger partial charge >= 0.3 is 0 Å². The maximum Gasteiger partial charge on any atom is 0.259 e. The number of hydrogen-bond acceptors (Lipinski definition) is 2. The average molecular weight is 210 g/mol. The molecule has 86 valence electrons. The van der Waals surface area contributed by atoms with E-state index in [4.69, 9.17) is 9.47 Å². The van der Waals surface area contributed by atoms with E-state index in [-0.39, 0.29) is 6.29 Å². The van der Waals surface area contributed by atoms with Gasteiger partial charge in [0.1, 0.15) is 12.0 Å². The normalized spacial score (nSPS) is 21.3. The predicted octanol–water partition coefficient (Wildman–Crippen LogP) is 3.99. The summed E-state index contributed by atoms with van der Waals surface area (Å²) in [7, 11) is 0. The van der Waals surface area contributed by atoms with Crippen LogP contribution in [0, 0.1) is 5.92 Å². The molecule has 0 aromatic carbocycles. The summed E-state index contributed by atoms with van der Waals surface area (Å²) in [6, 6.07) is 0. The van der Waals surface area contributed by atoms with Gasteiger partial charge in [0.05, 0.1) is 0 Å². The topological polar surface area (TPSA) is 18.5 Å². The maximum atomic E-state index is 5.42. The molecule has 0 amide bonds. The molecule has 15 heavy (non-hydrogen) atoms. The van der Waals surface area contributed by atoms with E-state index in [0.717, 1.165) is 18.1 Å². The van der Waals surface area contributed by atoms with Crippen LogP contribution in [-0.2, 0) is 9.47 Å². The molecular formula is C13H22O2. The van der Waals surface area contributed by atoms with Crippen molar-refractivity contribution in [2.75, 3.05) is 0 Å². The van der Waals surface area contributed by atoms with Crippen LogP contribution in [-0.4, -0.2) is 6.29 Å². The van der Waals surface area contributed by atoms with Crippen molar-refractivity contribution in [2.24, 2.45) is 5.92 Å². The molecule has 0 spiro atoms. The second kappa shape index (κ2) is 5.84. The fourth-order valence-electron chi connectivity index (χ4n) is 1.58. The van der Waals surface area contributed by atoms with E-state index < -0.39 is 0 Å².